The Morgan fingerprint density at radius 1 is 1.37 bits per heavy atom. The molecule has 0 saturated carbocycles. The van der Waals surface area contributed by atoms with Gasteiger partial charge in [0.1, 0.15) is 0 Å². The molecule has 27 heavy (non-hydrogen) atoms. The Kier molecular flexibility index (Phi) is 6.87. The minimum absolute atomic E-state index is 0.0885. The van der Waals surface area contributed by atoms with Gasteiger partial charge in [-0.3, -0.25) is 4.79 Å². The van der Waals surface area contributed by atoms with E-state index >= 15 is 0 Å². The van der Waals surface area contributed by atoms with Crippen LogP contribution in [0.15, 0.2) is 36.9 Å². The van der Waals surface area contributed by atoms with Crippen LogP contribution in [0.3, 0.4) is 0 Å². The predicted molar refractivity (Wildman–Crippen MR) is 109 cm³/mol. The maximum Gasteiger partial charge on any atom is 0.223 e. The lowest BCUT2D eigenvalue weighted by Gasteiger charge is -2.32. The molecule has 2 heterocycles. The van der Waals surface area contributed by atoms with Crippen LogP contribution in [0.1, 0.15) is 26.2 Å². The number of piperidine rings is 1. The SMILES string of the molecule is C=CCn1c(N2CCC(C(=O)NCCCOCC)CC2)nc2ccccc21. The smallest absolute Gasteiger partial charge is 0.223 e. The van der Waals surface area contributed by atoms with Crippen LogP contribution in [0.5, 0.6) is 0 Å². The molecule has 1 amide bonds. The van der Waals surface area contributed by atoms with Crippen molar-refractivity contribution in [2.24, 2.45) is 5.92 Å². The van der Waals surface area contributed by atoms with Crippen LogP contribution in [-0.4, -0.2) is 48.3 Å². The highest BCUT2D eigenvalue weighted by molar-refractivity contribution is 5.80. The van der Waals surface area contributed by atoms with Gasteiger partial charge in [0, 0.05) is 45.3 Å². The minimum atomic E-state index is 0.0885. The van der Waals surface area contributed by atoms with Crippen LogP contribution in [0.2, 0.25) is 0 Å². The number of anilines is 1. The number of imidazole rings is 1. The van der Waals surface area contributed by atoms with Crippen molar-refractivity contribution in [3.05, 3.63) is 36.9 Å². The molecule has 1 saturated heterocycles. The number of ether oxygens (including phenoxy) is 1. The number of allylic oxidation sites excluding steroid dienone is 1. The van der Waals surface area contributed by atoms with Crippen molar-refractivity contribution in [2.75, 3.05) is 37.7 Å². The Morgan fingerprint density at radius 2 is 2.15 bits per heavy atom. The van der Waals surface area contributed by atoms with E-state index in [0.717, 1.165) is 62.5 Å². The molecule has 0 radical (unpaired) electrons. The molecule has 146 valence electrons. The summed E-state index contributed by atoms with van der Waals surface area (Å²) >= 11 is 0. The van der Waals surface area contributed by atoms with E-state index in [1.165, 1.54) is 0 Å². The van der Waals surface area contributed by atoms with E-state index in [1.54, 1.807) is 0 Å². The first kappa shape index (κ1) is 19.4. The van der Waals surface area contributed by atoms with Crippen LogP contribution < -0.4 is 10.2 Å². The van der Waals surface area contributed by atoms with Gasteiger partial charge in [0.15, 0.2) is 0 Å². The molecule has 1 N–H and O–H groups in total. The number of benzene rings is 1. The standard InChI is InChI=1S/C21H30N4O2/c1-3-13-25-19-9-6-5-8-18(19)23-21(25)24-14-10-17(11-15-24)20(26)22-12-7-16-27-4-2/h3,5-6,8-9,17H,1,4,7,10-16H2,2H3,(H,22,26). The van der Waals surface area contributed by atoms with Gasteiger partial charge in [-0.05, 0) is 38.3 Å². The summed E-state index contributed by atoms with van der Waals surface area (Å²) in [6, 6.07) is 8.19. The lowest BCUT2D eigenvalue weighted by atomic mass is 9.96. The Morgan fingerprint density at radius 3 is 2.89 bits per heavy atom. The highest BCUT2D eigenvalue weighted by Crippen LogP contribution is 2.27. The molecule has 3 rings (SSSR count). The summed E-state index contributed by atoms with van der Waals surface area (Å²) in [4.78, 5) is 19.5. The van der Waals surface area contributed by atoms with Gasteiger partial charge in [0.2, 0.25) is 11.9 Å². The van der Waals surface area contributed by atoms with E-state index in [0.29, 0.717) is 13.2 Å². The summed E-state index contributed by atoms with van der Waals surface area (Å²) in [6.07, 6.45) is 4.48. The van der Waals surface area contributed by atoms with Gasteiger partial charge in [-0.15, -0.1) is 6.58 Å². The molecule has 0 bridgehead atoms. The average Bonchev–Trinajstić information content (AvgIpc) is 3.07. The number of aromatic nitrogens is 2. The lowest BCUT2D eigenvalue weighted by molar-refractivity contribution is -0.125. The summed E-state index contributed by atoms with van der Waals surface area (Å²) in [5, 5.41) is 3.05. The zero-order valence-electron chi connectivity index (χ0n) is 16.2. The number of carbonyl (C=O) groups excluding carboxylic acids is 1. The van der Waals surface area contributed by atoms with Crippen molar-refractivity contribution in [3.63, 3.8) is 0 Å². The topological polar surface area (TPSA) is 59.4 Å². The molecule has 1 aromatic carbocycles. The number of nitrogens with zero attached hydrogens (tertiary/aromatic N) is 3. The first-order chi connectivity index (χ1) is 13.2. The van der Waals surface area contributed by atoms with E-state index in [9.17, 15) is 4.79 Å². The van der Waals surface area contributed by atoms with Crippen molar-refractivity contribution >= 4 is 22.9 Å². The molecule has 0 atom stereocenters. The molecule has 2 aromatic rings. The fraction of sp³-hybridized carbons (Fsp3) is 0.524. The van der Waals surface area contributed by atoms with Gasteiger partial charge in [-0.1, -0.05) is 18.2 Å². The largest absolute Gasteiger partial charge is 0.382 e. The molecule has 6 heteroatoms. The van der Waals surface area contributed by atoms with E-state index in [4.69, 9.17) is 9.72 Å². The number of hydrogen-bond acceptors (Lipinski definition) is 4. The second-order valence-corrected chi connectivity index (χ2v) is 6.90. The first-order valence-corrected chi connectivity index (χ1v) is 9.91. The van der Waals surface area contributed by atoms with Crippen LogP contribution in [-0.2, 0) is 16.1 Å². The molecular formula is C21H30N4O2. The van der Waals surface area contributed by atoms with Crippen molar-refractivity contribution in [1.29, 1.82) is 0 Å². The molecule has 6 nitrogen and oxygen atoms in total. The van der Waals surface area contributed by atoms with Crippen molar-refractivity contribution in [2.45, 2.75) is 32.7 Å². The van der Waals surface area contributed by atoms with Gasteiger partial charge < -0.3 is 19.5 Å². The van der Waals surface area contributed by atoms with Crippen molar-refractivity contribution in [3.8, 4) is 0 Å². The average molecular weight is 370 g/mol. The van der Waals surface area contributed by atoms with Crippen LogP contribution >= 0.6 is 0 Å². The predicted octanol–water partition coefficient (Wildman–Crippen LogP) is 2.98. The fourth-order valence-electron chi connectivity index (χ4n) is 3.63. The Balaban J connectivity index is 1.57. The van der Waals surface area contributed by atoms with E-state index in [1.807, 2.05) is 31.2 Å². The second kappa shape index (κ2) is 9.55. The molecule has 1 aliphatic heterocycles. The van der Waals surface area contributed by atoms with E-state index < -0.39 is 0 Å². The molecule has 1 fully saturated rings. The Hall–Kier alpha value is -2.34. The number of amides is 1. The van der Waals surface area contributed by atoms with Crippen LogP contribution in [0.25, 0.3) is 11.0 Å². The van der Waals surface area contributed by atoms with Crippen LogP contribution in [0.4, 0.5) is 5.95 Å². The number of fused-ring (bicyclic) bond motifs is 1. The number of para-hydroxylation sites is 2. The number of nitrogens with one attached hydrogen (secondary N) is 1. The molecule has 0 unspecified atom stereocenters. The molecule has 1 aromatic heterocycles. The normalized spacial score (nSPS) is 15.2. The maximum absolute atomic E-state index is 12.4. The number of carbonyl (C=O) groups is 1. The summed E-state index contributed by atoms with van der Waals surface area (Å²) in [5.41, 5.74) is 2.13. The Bertz CT molecular complexity index is 763. The Labute approximate surface area is 161 Å². The summed E-state index contributed by atoms with van der Waals surface area (Å²) in [7, 11) is 0. The van der Waals surface area contributed by atoms with Gasteiger partial charge in [0.05, 0.1) is 11.0 Å². The minimum Gasteiger partial charge on any atom is -0.382 e. The van der Waals surface area contributed by atoms with E-state index in [2.05, 4.69) is 27.4 Å². The molecule has 0 aliphatic carbocycles. The summed E-state index contributed by atoms with van der Waals surface area (Å²) in [6.45, 7) is 10.4. The lowest BCUT2D eigenvalue weighted by Crippen LogP contribution is -2.41. The summed E-state index contributed by atoms with van der Waals surface area (Å²) in [5.74, 6) is 1.24. The fourth-order valence-corrected chi connectivity index (χ4v) is 3.63. The number of rotatable bonds is 9. The highest BCUT2D eigenvalue weighted by atomic mass is 16.5. The van der Waals surface area contributed by atoms with Crippen LogP contribution in [0, 0.1) is 5.92 Å². The van der Waals surface area contributed by atoms with Crippen molar-refractivity contribution < 1.29 is 9.53 Å². The van der Waals surface area contributed by atoms with E-state index in [-0.39, 0.29) is 11.8 Å². The zero-order chi connectivity index (χ0) is 19.1. The van der Waals surface area contributed by atoms with Gasteiger partial charge >= 0.3 is 0 Å². The first-order valence-electron chi connectivity index (χ1n) is 9.91. The van der Waals surface area contributed by atoms with Crippen molar-refractivity contribution in [1.82, 2.24) is 14.9 Å². The number of hydrogen-bond donors (Lipinski definition) is 1. The third kappa shape index (κ3) is 4.69. The molecule has 1 aliphatic rings. The quantitative estimate of drug-likeness (QED) is 0.545. The summed E-state index contributed by atoms with van der Waals surface area (Å²) < 4.78 is 7.51. The third-order valence-electron chi connectivity index (χ3n) is 5.06. The molecule has 0 spiro atoms. The maximum atomic E-state index is 12.4. The monoisotopic (exact) mass is 370 g/mol. The van der Waals surface area contributed by atoms with Gasteiger partial charge in [0.25, 0.3) is 0 Å². The highest BCUT2D eigenvalue weighted by Gasteiger charge is 2.27. The third-order valence-corrected chi connectivity index (χ3v) is 5.06. The van der Waals surface area contributed by atoms with Gasteiger partial charge in [-0.2, -0.15) is 0 Å². The zero-order valence-corrected chi connectivity index (χ0v) is 16.2. The second-order valence-electron chi connectivity index (χ2n) is 6.90. The molecular weight excluding hydrogens is 340 g/mol. The van der Waals surface area contributed by atoms with Gasteiger partial charge in [-0.25, -0.2) is 4.98 Å².